The zero-order valence-electron chi connectivity index (χ0n) is 17.6. The van der Waals surface area contributed by atoms with Gasteiger partial charge in [-0.15, -0.1) is 13.2 Å². The highest BCUT2D eigenvalue weighted by molar-refractivity contribution is 5.95. The fourth-order valence-corrected chi connectivity index (χ4v) is 3.96. The average molecular weight is 379 g/mol. The fraction of sp³-hybridized carbons (Fsp3) is 0.400. The first-order chi connectivity index (χ1) is 13.6. The summed E-state index contributed by atoms with van der Waals surface area (Å²) in [5, 5.41) is 2.74. The van der Waals surface area contributed by atoms with Gasteiger partial charge in [0.15, 0.2) is 0 Å². The molecule has 3 rings (SSSR count). The number of carbonyl (C=O) groups excluding carboxylic acids is 1. The van der Waals surface area contributed by atoms with E-state index in [9.17, 15) is 4.79 Å². The van der Waals surface area contributed by atoms with Crippen LogP contribution < -0.4 is 10.2 Å². The summed E-state index contributed by atoms with van der Waals surface area (Å²) in [6.45, 7) is 12.8. The lowest BCUT2D eigenvalue weighted by Gasteiger charge is -2.25. The second-order valence-corrected chi connectivity index (χ2v) is 7.53. The van der Waals surface area contributed by atoms with Crippen LogP contribution in [0.2, 0.25) is 0 Å². The zero-order valence-corrected chi connectivity index (χ0v) is 17.6. The van der Waals surface area contributed by atoms with E-state index in [1.54, 1.807) is 7.05 Å². The third-order valence-corrected chi connectivity index (χ3v) is 5.56. The molecule has 1 N–H and O–H groups in total. The van der Waals surface area contributed by atoms with E-state index < -0.39 is 0 Å². The van der Waals surface area contributed by atoms with Gasteiger partial charge in [0.1, 0.15) is 0 Å². The van der Waals surface area contributed by atoms with Gasteiger partial charge in [0, 0.05) is 37.3 Å². The number of benzene rings is 2. The van der Waals surface area contributed by atoms with E-state index in [1.807, 2.05) is 18.2 Å². The summed E-state index contributed by atoms with van der Waals surface area (Å²) in [6.07, 6.45) is 3.95. The summed E-state index contributed by atoms with van der Waals surface area (Å²) in [5.74, 6) is 0.916. The predicted octanol–water partition coefficient (Wildman–Crippen LogP) is 5.63. The molecule has 0 aliphatic carbocycles. The topological polar surface area (TPSA) is 32.3 Å². The van der Waals surface area contributed by atoms with Crippen LogP contribution in [0.5, 0.6) is 0 Å². The molecule has 3 nitrogen and oxygen atoms in total. The quantitative estimate of drug-likeness (QED) is 0.700. The molecule has 0 bridgehead atoms. The Morgan fingerprint density at radius 3 is 2.46 bits per heavy atom. The summed E-state index contributed by atoms with van der Waals surface area (Å²) in [6, 6.07) is 16.8. The van der Waals surface area contributed by atoms with Crippen LogP contribution in [0.15, 0.2) is 61.7 Å². The molecule has 150 valence electrons. The van der Waals surface area contributed by atoms with Crippen molar-refractivity contribution < 1.29 is 4.79 Å². The lowest BCUT2D eigenvalue weighted by molar-refractivity contribution is 0.0962. The minimum atomic E-state index is -0.0253. The summed E-state index contributed by atoms with van der Waals surface area (Å²) in [5.41, 5.74) is 4.39. The van der Waals surface area contributed by atoms with Crippen LogP contribution in [-0.2, 0) is 0 Å². The summed E-state index contributed by atoms with van der Waals surface area (Å²) < 4.78 is 0. The van der Waals surface area contributed by atoms with Crippen molar-refractivity contribution in [2.24, 2.45) is 5.92 Å². The molecule has 2 unspecified atom stereocenters. The third kappa shape index (κ3) is 5.25. The van der Waals surface area contributed by atoms with E-state index >= 15 is 0 Å². The highest BCUT2D eigenvalue weighted by Crippen LogP contribution is 2.29. The van der Waals surface area contributed by atoms with Gasteiger partial charge in [-0.1, -0.05) is 50.6 Å². The van der Waals surface area contributed by atoms with Crippen molar-refractivity contribution in [1.29, 1.82) is 0 Å². The molecule has 1 aliphatic heterocycles. The number of nitrogens with one attached hydrogen (secondary N) is 1. The van der Waals surface area contributed by atoms with Crippen molar-refractivity contribution in [3.05, 3.63) is 78.4 Å². The van der Waals surface area contributed by atoms with E-state index in [1.165, 1.54) is 30.5 Å². The van der Waals surface area contributed by atoms with Crippen molar-refractivity contribution in [2.75, 3.05) is 25.0 Å². The zero-order chi connectivity index (χ0) is 20.5. The smallest absolute Gasteiger partial charge is 0.251 e. The minimum absolute atomic E-state index is 0.0253. The lowest BCUT2D eigenvalue weighted by Crippen LogP contribution is -2.27. The predicted molar refractivity (Wildman–Crippen MR) is 120 cm³/mol. The first kappa shape index (κ1) is 21.7. The normalized spacial score (nSPS) is 17.7. The Bertz CT molecular complexity index is 753. The van der Waals surface area contributed by atoms with Crippen molar-refractivity contribution in [1.82, 2.24) is 5.32 Å². The molecule has 3 heteroatoms. The number of rotatable bonds is 4. The molecule has 1 amide bonds. The van der Waals surface area contributed by atoms with Gasteiger partial charge in [0.25, 0.3) is 5.91 Å². The maximum atomic E-state index is 12.2. The van der Waals surface area contributed by atoms with Crippen LogP contribution in [0, 0.1) is 5.92 Å². The maximum absolute atomic E-state index is 12.2. The van der Waals surface area contributed by atoms with Crippen molar-refractivity contribution in [2.45, 2.75) is 39.0 Å². The largest absolute Gasteiger partial charge is 0.371 e. The number of carbonyl (C=O) groups is 1. The van der Waals surface area contributed by atoms with E-state index in [0.29, 0.717) is 0 Å². The summed E-state index contributed by atoms with van der Waals surface area (Å²) >= 11 is 0. The highest BCUT2D eigenvalue weighted by atomic mass is 16.1. The lowest BCUT2D eigenvalue weighted by atomic mass is 9.89. The van der Waals surface area contributed by atoms with Crippen LogP contribution in [0.4, 0.5) is 5.69 Å². The Hall–Kier alpha value is -2.55. The van der Waals surface area contributed by atoms with Crippen LogP contribution in [0.1, 0.15) is 60.5 Å². The molecule has 1 heterocycles. The molecule has 2 aromatic carbocycles. The van der Waals surface area contributed by atoms with Crippen molar-refractivity contribution >= 4 is 11.6 Å². The van der Waals surface area contributed by atoms with Crippen LogP contribution in [0.25, 0.3) is 0 Å². The first-order valence-electron chi connectivity index (χ1n) is 10.3. The second kappa shape index (κ2) is 10.7. The summed E-state index contributed by atoms with van der Waals surface area (Å²) in [4.78, 5) is 14.7. The molecule has 1 fully saturated rings. The molecule has 0 saturated carbocycles. The third-order valence-electron chi connectivity index (χ3n) is 5.56. The van der Waals surface area contributed by atoms with Gasteiger partial charge in [-0.3, -0.25) is 4.79 Å². The number of hydrogen-bond donors (Lipinski definition) is 1. The number of anilines is 1. The number of amides is 1. The van der Waals surface area contributed by atoms with Gasteiger partial charge in [0.2, 0.25) is 0 Å². The molecule has 1 saturated heterocycles. The van der Waals surface area contributed by atoms with Crippen LogP contribution in [0.3, 0.4) is 0 Å². The molecule has 0 radical (unpaired) electrons. The molecule has 0 aromatic heterocycles. The van der Waals surface area contributed by atoms with E-state index in [-0.39, 0.29) is 11.8 Å². The Morgan fingerprint density at radius 1 is 1.11 bits per heavy atom. The minimum Gasteiger partial charge on any atom is -0.371 e. The van der Waals surface area contributed by atoms with Crippen molar-refractivity contribution in [3.63, 3.8) is 0 Å². The molecular weight excluding hydrogens is 344 g/mol. The second-order valence-electron chi connectivity index (χ2n) is 7.53. The Morgan fingerprint density at radius 2 is 1.79 bits per heavy atom. The monoisotopic (exact) mass is 378 g/mol. The number of hydrogen-bond acceptors (Lipinski definition) is 2. The van der Waals surface area contributed by atoms with Crippen molar-refractivity contribution in [3.8, 4) is 0 Å². The highest BCUT2D eigenvalue weighted by Gasteiger charge is 2.18. The Balaban J connectivity index is 0.00000136. The van der Waals surface area contributed by atoms with Gasteiger partial charge in [-0.05, 0) is 48.1 Å². The van der Waals surface area contributed by atoms with Gasteiger partial charge in [0.05, 0.1) is 0 Å². The maximum Gasteiger partial charge on any atom is 0.251 e. The standard InChI is InChI=1S/C23H30N2O.C2H4/c1-17-8-6-7-15-25(16-17)20-13-11-19(12-14-20)18(2)21-9-4-5-10-22(21)23(26)24-3;1-2/h4-5,9-14,17-18H,6-8,15-16H2,1-3H3,(H,24,26);1-2H2. The Labute approximate surface area is 170 Å². The van der Waals surface area contributed by atoms with Gasteiger partial charge in [-0.25, -0.2) is 0 Å². The van der Waals surface area contributed by atoms with Crippen LogP contribution in [-0.4, -0.2) is 26.0 Å². The molecule has 2 atom stereocenters. The van der Waals surface area contributed by atoms with Gasteiger partial charge in [-0.2, -0.15) is 0 Å². The Kier molecular flexibility index (Phi) is 8.31. The molecule has 1 aliphatic rings. The van der Waals surface area contributed by atoms with Crippen LogP contribution >= 0.6 is 0 Å². The molecule has 0 spiro atoms. The first-order valence-corrected chi connectivity index (χ1v) is 10.3. The van der Waals surface area contributed by atoms with Gasteiger partial charge >= 0.3 is 0 Å². The van der Waals surface area contributed by atoms with E-state index in [0.717, 1.165) is 30.1 Å². The SMILES string of the molecule is C=C.CNC(=O)c1ccccc1C(C)c1ccc(N2CCCCC(C)C2)cc1. The fourth-order valence-electron chi connectivity index (χ4n) is 3.96. The van der Waals surface area contributed by atoms with E-state index in [2.05, 4.69) is 67.6 Å². The number of nitrogens with zero attached hydrogens (tertiary/aromatic N) is 1. The summed E-state index contributed by atoms with van der Waals surface area (Å²) in [7, 11) is 1.68. The average Bonchev–Trinajstić information content (AvgIpc) is 2.98. The molecule has 28 heavy (non-hydrogen) atoms. The molecule has 2 aromatic rings. The van der Waals surface area contributed by atoms with E-state index in [4.69, 9.17) is 0 Å². The van der Waals surface area contributed by atoms with Gasteiger partial charge < -0.3 is 10.2 Å². The molecular formula is C25H34N2O.